The lowest BCUT2D eigenvalue weighted by Gasteiger charge is -2.52. The number of Topliss-reactive ketones (excluding diaryl/α,β-unsaturated/α-hetero) is 2. The van der Waals surface area contributed by atoms with Gasteiger partial charge in [0, 0.05) is 17.4 Å². The molecule has 3 aromatic carbocycles. The van der Waals surface area contributed by atoms with E-state index >= 15 is 0 Å². The molecule has 7 rings (SSSR count). The number of rotatable bonds is 4. The van der Waals surface area contributed by atoms with Gasteiger partial charge in [0.25, 0.3) is 5.91 Å². The van der Waals surface area contributed by atoms with Crippen molar-refractivity contribution < 1.29 is 49.4 Å². The van der Waals surface area contributed by atoms with Crippen molar-refractivity contribution in [2.75, 3.05) is 11.9 Å². The molecule has 1 saturated carbocycles. The molecule has 10 N–H and O–H groups in total. The Hall–Kier alpha value is -5.50. The summed E-state index contributed by atoms with van der Waals surface area (Å²) in [6.45, 7) is 1.57. The summed E-state index contributed by atoms with van der Waals surface area (Å²) >= 11 is 0. The van der Waals surface area contributed by atoms with Gasteiger partial charge in [0.15, 0.2) is 11.4 Å². The molecule has 0 bridgehead atoms. The van der Waals surface area contributed by atoms with Crippen LogP contribution in [0.5, 0.6) is 5.75 Å². The number of carbonyl (C=O) groups excluding carboxylic acids is 4. The van der Waals surface area contributed by atoms with Gasteiger partial charge in [0.1, 0.15) is 29.4 Å². The molecule has 6 atom stereocenters. The van der Waals surface area contributed by atoms with Gasteiger partial charge < -0.3 is 41.7 Å². The average Bonchev–Trinajstić information content (AvgIpc) is 3.38. The SMILES string of the molecule is C[C@H]1c2ccc(NC(=O)OCC3c4ccccc4-c4ccccc43)c(O)c2C(O)=C2C(=O)[C@@]3(O)C(O)=C(C(N)=O)C(=O)[C@@H](N)C3[C@@H](O)C21. The van der Waals surface area contributed by atoms with Crippen LogP contribution in [0.15, 0.2) is 77.6 Å². The van der Waals surface area contributed by atoms with Gasteiger partial charge in [-0.15, -0.1) is 0 Å². The Morgan fingerprint density at radius 3 is 2.15 bits per heavy atom. The van der Waals surface area contributed by atoms with Gasteiger partial charge in [-0.25, -0.2) is 4.79 Å². The van der Waals surface area contributed by atoms with Crippen LogP contribution in [0.25, 0.3) is 16.9 Å². The molecule has 4 aliphatic carbocycles. The Kier molecular flexibility index (Phi) is 6.98. The minimum atomic E-state index is -3.10. The van der Waals surface area contributed by atoms with Crippen LogP contribution < -0.4 is 16.8 Å². The van der Waals surface area contributed by atoms with Crippen molar-refractivity contribution in [1.82, 2.24) is 0 Å². The number of ketones is 2. The number of aliphatic hydroxyl groups is 4. The van der Waals surface area contributed by atoms with E-state index in [0.717, 1.165) is 22.3 Å². The summed E-state index contributed by atoms with van der Waals surface area (Å²) in [6, 6.07) is 16.6. The number of nitrogens with one attached hydrogen (secondary N) is 1. The zero-order chi connectivity index (χ0) is 34.4. The van der Waals surface area contributed by atoms with Crippen molar-refractivity contribution in [3.8, 4) is 16.9 Å². The Balaban J connectivity index is 1.21. The molecule has 0 aliphatic heterocycles. The van der Waals surface area contributed by atoms with Gasteiger partial charge in [0.05, 0.1) is 29.3 Å². The molecule has 1 fully saturated rings. The van der Waals surface area contributed by atoms with E-state index in [1.54, 1.807) is 6.92 Å². The summed E-state index contributed by atoms with van der Waals surface area (Å²) in [4.78, 5) is 51.8. The largest absolute Gasteiger partial charge is 0.508 e. The van der Waals surface area contributed by atoms with Crippen LogP contribution in [-0.4, -0.2) is 73.5 Å². The number of amides is 2. The molecule has 13 nitrogen and oxygen atoms in total. The van der Waals surface area contributed by atoms with Crippen LogP contribution in [0.1, 0.15) is 41.0 Å². The van der Waals surface area contributed by atoms with Gasteiger partial charge in [-0.1, -0.05) is 61.5 Å². The molecule has 0 spiro atoms. The maximum Gasteiger partial charge on any atom is 0.411 e. The molecule has 13 heteroatoms. The number of aromatic hydroxyl groups is 1. The predicted octanol–water partition coefficient (Wildman–Crippen LogP) is 2.25. The first-order chi connectivity index (χ1) is 22.8. The number of phenolic OH excluding ortho intramolecular Hbond substituents is 1. The number of hydrogen-bond acceptors (Lipinski definition) is 11. The molecule has 246 valence electrons. The number of ether oxygens (including phenoxy) is 1. The van der Waals surface area contributed by atoms with Crippen molar-refractivity contribution in [3.63, 3.8) is 0 Å². The van der Waals surface area contributed by atoms with Gasteiger partial charge in [-0.05, 0) is 39.8 Å². The second kappa shape index (κ2) is 10.8. The lowest BCUT2D eigenvalue weighted by molar-refractivity contribution is -0.163. The molecule has 2 unspecified atom stereocenters. The maximum atomic E-state index is 14.0. The van der Waals surface area contributed by atoms with Gasteiger partial charge in [-0.3, -0.25) is 19.7 Å². The van der Waals surface area contributed by atoms with Crippen LogP contribution in [0.4, 0.5) is 10.5 Å². The first kappa shape index (κ1) is 31.1. The lowest BCUT2D eigenvalue weighted by atomic mass is 9.54. The third-order valence-corrected chi connectivity index (χ3v) is 10.2. The fraction of sp³-hybridized carbons (Fsp3) is 0.257. The van der Waals surface area contributed by atoms with Gasteiger partial charge in [-0.2, -0.15) is 0 Å². The molecule has 0 radical (unpaired) electrons. The van der Waals surface area contributed by atoms with E-state index in [4.69, 9.17) is 16.2 Å². The zero-order valence-corrected chi connectivity index (χ0v) is 25.4. The van der Waals surface area contributed by atoms with Crippen LogP contribution >= 0.6 is 0 Å². The number of fused-ring (bicyclic) bond motifs is 6. The number of aliphatic hydroxyl groups excluding tert-OH is 3. The topological polar surface area (TPSA) is 243 Å². The highest BCUT2D eigenvalue weighted by Gasteiger charge is 2.67. The molecule has 2 amide bonds. The fourth-order valence-electron chi connectivity index (χ4n) is 7.98. The van der Waals surface area contributed by atoms with Crippen molar-refractivity contribution in [1.29, 1.82) is 0 Å². The van der Waals surface area contributed by atoms with E-state index in [9.17, 15) is 44.7 Å². The Bertz CT molecular complexity index is 1990. The third-order valence-electron chi connectivity index (χ3n) is 10.2. The lowest BCUT2D eigenvalue weighted by Crippen LogP contribution is -2.70. The van der Waals surface area contributed by atoms with Crippen molar-refractivity contribution in [3.05, 3.63) is 99.8 Å². The number of carbonyl (C=O) groups is 4. The highest BCUT2D eigenvalue weighted by Crippen LogP contribution is 2.56. The monoisotopic (exact) mass is 653 g/mol. The Labute approximate surface area is 272 Å². The summed E-state index contributed by atoms with van der Waals surface area (Å²) in [5.74, 6) is -10.9. The van der Waals surface area contributed by atoms with E-state index in [0.29, 0.717) is 0 Å². The summed E-state index contributed by atoms with van der Waals surface area (Å²) in [5.41, 5.74) is 10.4. The van der Waals surface area contributed by atoms with Gasteiger partial charge >= 0.3 is 6.09 Å². The molecule has 4 aliphatic rings. The molecule has 0 aromatic heterocycles. The van der Waals surface area contributed by atoms with Crippen molar-refractivity contribution in [2.24, 2.45) is 23.3 Å². The molecule has 0 saturated heterocycles. The highest BCUT2D eigenvalue weighted by atomic mass is 16.5. The second-order valence-corrected chi connectivity index (χ2v) is 12.5. The number of primary amides is 1. The van der Waals surface area contributed by atoms with E-state index in [1.165, 1.54) is 12.1 Å². The molecular formula is C35H31N3O10. The predicted molar refractivity (Wildman–Crippen MR) is 170 cm³/mol. The van der Waals surface area contributed by atoms with Crippen molar-refractivity contribution in [2.45, 2.75) is 36.5 Å². The van der Waals surface area contributed by atoms with E-state index in [-0.39, 0.29) is 29.3 Å². The van der Waals surface area contributed by atoms with Crippen LogP contribution in [-0.2, 0) is 19.1 Å². The average molecular weight is 654 g/mol. The van der Waals surface area contributed by atoms with Gasteiger partial charge in [0.2, 0.25) is 5.78 Å². The second-order valence-electron chi connectivity index (χ2n) is 12.5. The Morgan fingerprint density at radius 2 is 1.54 bits per heavy atom. The zero-order valence-electron chi connectivity index (χ0n) is 25.4. The van der Waals surface area contributed by atoms with E-state index < -0.39 is 87.5 Å². The Morgan fingerprint density at radius 1 is 0.938 bits per heavy atom. The minimum absolute atomic E-state index is 0.0132. The normalized spacial score (nSPS) is 27.5. The smallest absolute Gasteiger partial charge is 0.411 e. The number of nitrogens with two attached hydrogens (primary N) is 2. The number of benzene rings is 3. The van der Waals surface area contributed by atoms with E-state index in [2.05, 4.69) is 5.32 Å². The summed E-state index contributed by atoms with van der Waals surface area (Å²) in [5, 5.41) is 59.1. The summed E-state index contributed by atoms with van der Waals surface area (Å²) in [6.07, 6.45) is -2.69. The van der Waals surface area contributed by atoms with Crippen LogP contribution in [0, 0.1) is 11.8 Å². The molecule has 48 heavy (non-hydrogen) atoms. The number of phenols is 1. The third kappa shape index (κ3) is 4.08. The van der Waals surface area contributed by atoms with E-state index in [1.807, 2.05) is 48.5 Å². The van der Waals surface area contributed by atoms with Crippen LogP contribution in [0.3, 0.4) is 0 Å². The molecular weight excluding hydrogens is 622 g/mol. The standard InChI is InChI=1S/C35H31N3O10/c1-13-14-10-11-20(38-34(46)48-12-19-17-8-4-2-6-15(17)16-7-3-5-9-18(16)19)27(39)22(14)28(40)23-21(13)29(41)25-26(36)30(42)24(33(37)45)32(44)35(25,47)31(23)43/h2-11,13,19,21,25-26,29,39-41,44,47H,12,36H2,1H3,(H2,37,45)(H,38,46)/t13-,21?,25?,26-,29-,35+/m0/s1. The number of anilines is 1. The first-order valence-electron chi connectivity index (χ1n) is 15.2. The summed E-state index contributed by atoms with van der Waals surface area (Å²) < 4.78 is 5.57. The fourth-order valence-corrected chi connectivity index (χ4v) is 7.98. The number of hydrogen-bond donors (Lipinski definition) is 8. The molecule has 3 aromatic rings. The van der Waals surface area contributed by atoms with Crippen LogP contribution in [0.2, 0.25) is 0 Å². The van der Waals surface area contributed by atoms with Crippen molar-refractivity contribution >= 4 is 35.0 Å². The first-order valence-corrected chi connectivity index (χ1v) is 15.2. The minimum Gasteiger partial charge on any atom is -0.508 e. The summed E-state index contributed by atoms with van der Waals surface area (Å²) in [7, 11) is 0. The molecule has 0 heterocycles. The quantitative estimate of drug-likeness (QED) is 0.150. The maximum absolute atomic E-state index is 14.0. The highest BCUT2D eigenvalue weighted by molar-refractivity contribution is 6.24.